The molecule has 1 heterocycles. The molecule has 90 valence electrons. The number of anilines is 2. The first-order valence-corrected chi connectivity index (χ1v) is 4.67. The lowest BCUT2D eigenvalue weighted by Gasteiger charge is -2.24. The number of aliphatic hydroxyl groups is 1. The molecule has 0 radical (unpaired) electrons. The van der Waals surface area contributed by atoms with Gasteiger partial charge in [0.15, 0.2) is 23.3 Å². The molecule has 16 heavy (non-hydrogen) atoms. The number of nitrogens with zero attached hydrogens (tertiary/aromatic N) is 2. The summed E-state index contributed by atoms with van der Waals surface area (Å²) in [5.74, 6) is 3.05. The molecule has 4 N–H and O–H groups in total. The standard InChI is InChI=1S/C9H14F2N4O/c1-5(4-16)15(2)9-7(11)3-6(10)8(13-9)14-12/h3,5,16H,4,12H2,1-2H3,(H,13,14). The largest absolute Gasteiger partial charge is 0.394 e. The van der Waals surface area contributed by atoms with E-state index in [4.69, 9.17) is 10.9 Å². The number of hydrazine groups is 1. The number of nitrogens with two attached hydrogens (primary N) is 1. The molecule has 1 unspecified atom stereocenters. The number of hydrogen-bond acceptors (Lipinski definition) is 5. The van der Waals surface area contributed by atoms with E-state index in [1.807, 2.05) is 5.43 Å². The van der Waals surface area contributed by atoms with Crippen molar-refractivity contribution in [3.63, 3.8) is 0 Å². The van der Waals surface area contributed by atoms with E-state index in [0.717, 1.165) is 0 Å². The zero-order valence-corrected chi connectivity index (χ0v) is 9.04. The zero-order chi connectivity index (χ0) is 12.3. The Bertz CT molecular complexity index is 375. The summed E-state index contributed by atoms with van der Waals surface area (Å²) in [6.07, 6.45) is 0. The lowest BCUT2D eigenvalue weighted by molar-refractivity contribution is 0.269. The first-order valence-electron chi connectivity index (χ1n) is 4.67. The van der Waals surface area contributed by atoms with Crippen LogP contribution in [0.4, 0.5) is 20.4 Å². The van der Waals surface area contributed by atoms with Crippen molar-refractivity contribution < 1.29 is 13.9 Å². The maximum atomic E-state index is 13.4. The van der Waals surface area contributed by atoms with Gasteiger partial charge in [0.25, 0.3) is 0 Å². The summed E-state index contributed by atoms with van der Waals surface area (Å²) in [5, 5.41) is 8.93. The number of halogens is 2. The van der Waals surface area contributed by atoms with E-state index in [-0.39, 0.29) is 24.3 Å². The van der Waals surface area contributed by atoms with E-state index in [0.29, 0.717) is 6.07 Å². The number of hydrogen-bond donors (Lipinski definition) is 3. The highest BCUT2D eigenvalue weighted by Gasteiger charge is 2.17. The SMILES string of the molecule is CC(CO)N(C)c1nc(NN)c(F)cc1F. The van der Waals surface area contributed by atoms with Crippen molar-refractivity contribution in [3.05, 3.63) is 17.7 Å². The topological polar surface area (TPSA) is 74.4 Å². The van der Waals surface area contributed by atoms with E-state index < -0.39 is 11.6 Å². The normalized spacial score (nSPS) is 12.4. The van der Waals surface area contributed by atoms with Gasteiger partial charge in [0.2, 0.25) is 0 Å². The van der Waals surface area contributed by atoms with Gasteiger partial charge in [0.1, 0.15) is 0 Å². The van der Waals surface area contributed by atoms with Crippen LogP contribution in [0.25, 0.3) is 0 Å². The van der Waals surface area contributed by atoms with Crippen LogP contribution in [-0.4, -0.2) is 29.8 Å². The molecule has 0 bridgehead atoms. The predicted octanol–water partition coefficient (Wildman–Crippen LogP) is 0.462. The van der Waals surface area contributed by atoms with Crippen LogP contribution in [0, 0.1) is 11.6 Å². The average molecular weight is 232 g/mol. The highest BCUT2D eigenvalue weighted by molar-refractivity contribution is 5.48. The molecule has 0 aliphatic carbocycles. The van der Waals surface area contributed by atoms with Gasteiger partial charge in [0.05, 0.1) is 12.6 Å². The lowest BCUT2D eigenvalue weighted by atomic mass is 10.3. The van der Waals surface area contributed by atoms with Crippen molar-refractivity contribution in [3.8, 4) is 0 Å². The smallest absolute Gasteiger partial charge is 0.178 e. The van der Waals surface area contributed by atoms with E-state index >= 15 is 0 Å². The summed E-state index contributed by atoms with van der Waals surface area (Å²) in [4.78, 5) is 5.09. The molecular formula is C9H14F2N4O. The summed E-state index contributed by atoms with van der Waals surface area (Å²) in [6, 6.07) is 0.357. The van der Waals surface area contributed by atoms with E-state index in [2.05, 4.69) is 4.98 Å². The Morgan fingerprint density at radius 2 is 2.19 bits per heavy atom. The molecule has 0 aromatic carbocycles. The van der Waals surface area contributed by atoms with Crippen molar-refractivity contribution in [1.29, 1.82) is 0 Å². The first-order chi connectivity index (χ1) is 7.51. The molecule has 1 rings (SSSR count). The molecule has 1 aromatic rings. The Morgan fingerprint density at radius 3 is 2.69 bits per heavy atom. The number of nitrogens with one attached hydrogen (secondary N) is 1. The van der Waals surface area contributed by atoms with E-state index in [1.54, 1.807) is 14.0 Å². The fourth-order valence-corrected chi connectivity index (χ4v) is 1.14. The number of rotatable bonds is 4. The van der Waals surface area contributed by atoms with Gasteiger partial charge in [0, 0.05) is 13.1 Å². The van der Waals surface area contributed by atoms with Gasteiger partial charge in [-0.1, -0.05) is 0 Å². The van der Waals surface area contributed by atoms with Gasteiger partial charge in [-0.2, -0.15) is 0 Å². The van der Waals surface area contributed by atoms with Crippen LogP contribution in [0.5, 0.6) is 0 Å². The molecule has 0 spiro atoms. The second-order valence-electron chi connectivity index (χ2n) is 3.41. The summed E-state index contributed by atoms with van der Waals surface area (Å²) in [7, 11) is 1.55. The van der Waals surface area contributed by atoms with Crippen LogP contribution in [0.1, 0.15) is 6.92 Å². The monoisotopic (exact) mass is 232 g/mol. The van der Waals surface area contributed by atoms with Gasteiger partial charge < -0.3 is 15.4 Å². The van der Waals surface area contributed by atoms with Crippen molar-refractivity contribution in [2.75, 3.05) is 24.0 Å². The van der Waals surface area contributed by atoms with Gasteiger partial charge in [-0.3, -0.25) is 0 Å². The molecule has 0 saturated heterocycles. The fraction of sp³-hybridized carbons (Fsp3) is 0.444. The molecule has 0 fully saturated rings. The first kappa shape index (κ1) is 12.6. The molecule has 7 heteroatoms. The van der Waals surface area contributed by atoms with Crippen LogP contribution in [0.3, 0.4) is 0 Å². The Labute approximate surface area is 91.9 Å². The van der Waals surface area contributed by atoms with Crippen molar-refractivity contribution >= 4 is 11.6 Å². The summed E-state index contributed by atoms with van der Waals surface area (Å²) >= 11 is 0. The molecule has 0 saturated carbocycles. The minimum Gasteiger partial charge on any atom is -0.394 e. The van der Waals surface area contributed by atoms with Gasteiger partial charge >= 0.3 is 0 Å². The predicted molar refractivity (Wildman–Crippen MR) is 56.9 cm³/mol. The number of aliphatic hydroxyl groups excluding tert-OH is 1. The minimum atomic E-state index is -0.867. The van der Waals surface area contributed by atoms with Crippen molar-refractivity contribution in [1.82, 2.24) is 4.98 Å². The summed E-state index contributed by atoms with van der Waals surface area (Å²) in [5.41, 5.74) is 2.03. The second-order valence-corrected chi connectivity index (χ2v) is 3.41. The van der Waals surface area contributed by atoms with E-state index in [9.17, 15) is 8.78 Å². The van der Waals surface area contributed by atoms with Gasteiger partial charge in [-0.05, 0) is 6.92 Å². The van der Waals surface area contributed by atoms with Crippen LogP contribution in [0.15, 0.2) is 6.07 Å². The van der Waals surface area contributed by atoms with Crippen molar-refractivity contribution in [2.24, 2.45) is 5.84 Å². The molecule has 0 aliphatic heterocycles. The Kier molecular flexibility index (Phi) is 3.97. The highest BCUT2D eigenvalue weighted by Crippen LogP contribution is 2.22. The quantitative estimate of drug-likeness (QED) is 0.519. The van der Waals surface area contributed by atoms with E-state index in [1.165, 1.54) is 4.90 Å². The van der Waals surface area contributed by atoms with Gasteiger partial charge in [-0.15, -0.1) is 0 Å². The van der Waals surface area contributed by atoms with Gasteiger partial charge in [-0.25, -0.2) is 19.6 Å². The van der Waals surface area contributed by atoms with Crippen molar-refractivity contribution in [2.45, 2.75) is 13.0 Å². The Morgan fingerprint density at radius 1 is 1.56 bits per heavy atom. The maximum Gasteiger partial charge on any atom is 0.178 e. The maximum absolute atomic E-state index is 13.4. The van der Waals surface area contributed by atoms with Crippen LogP contribution >= 0.6 is 0 Å². The second kappa shape index (κ2) is 5.04. The van der Waals surface area contributed by atoms with Crippen LogP contribution < -0.4 is 16.2 Å². The molecule has 1 atom stereocenters. The number of nitrogen functional groups attached to an aromatic ring is 1. The molecule has 0 amide bonds. The number of likely N-dealkylation sites (N-methyl/N-ethyl adjacent to an activating group) is 1. The third kappa shape index (κ3) is 2.37. The number of pyridine rings is 1. The highest BCUT2D eigenvalue weighted by atomic mass is 19.1. The third-order valence-corrected chi connectivity index (χ3v) is 2.31. The zero-order valence-electron chi connectivity index (χ0n) is 9.04. The third-order valence-electron chi connectivity index (χ3n) is 2.31. The fourth-order valence-electron chi connectivity index (χ4n) is 1.14. The minimum absolute atomic E-state index is 0.0732. The summed E-state index contributed by atoms with van der Waals surface area (Å²) < 4.78 is 26.5. The average Bonchev–Trinajstić information content (AvgIpc) is 2.27. The molecule has 0 aliphatic rings. The number of aromatic nitrogens is 1. The molecular weight excluding hydrogens is 218 g/mol. The lowest BCUT2D eigenvalue weighted by Crippen LogP contribution is -2.33. The summed E-state index contributed by atoms with van der Waals surface area (Å²) in [6.45, 7) is 1.51. The molecule has 5 nitrogen and oxygen atoms in total. The Balaban J connectivity index is 3.13. The molecule has 1 aromatic heterocycles. The Hall–Kier alpha value is -1.47. The van der Waals surface area contributed by atoms with Crippen LogP contribution in [0.2, 0.25) is 0 Å². The van der Waals surface area contributed by atoms with Crippen LogP contribution in [-0.2, 0) is 0 Å².